The van der Waals surface area contributed by atoms with Crippen molar-refractivity contribution in [2.24, 2.45) is 0 Å². The average molecular weight is 299 g/mol. The number of nitrogens with one attached hydrogen (secondary N) is 1. The van der Waals surface area contributed by atoms with E-state index < -0.39 is 11.6 Å². The topological polar surface area (TPSA) is 21.3 Å². The molecule has 3 aromatic rings. The monoisotopic (exact) mass is 299 g/mol. The first-order chi connectivity index (χ1) is 10.7. The number of halogens is 2. The molecule has 0 saturated heterocycles. The van der Waals surface area contributed by atoms with Crippen molar-refractivity contribution in [2.75, 3.05) is 12.4 Å². The lowest BCUT2D eigenvalue weighted by molar-refractivity contribution is 0.419. The highest BCUT2D eigenvalue weighted by molar-refractivity contribution is 5.91. The Labute approximate surface area is 127 Å². The molecule has 4 heteroatoms. The lowest BCUT2D eigenvalue weighted by Gasteiger charge is -2.12. The third-order valence-electron chi connectivity index (χ3n) is 3.60. The van der Waals surface area contributed by atoms with E-state index in [1.54, 1.807) is 7.11 Å². The van der Waals surface area contributed by atoms with Gasteiger partial charge in [-0.15, -0.1) is 0 Å². The van der Waals surface area contributed by atoms with Crippen molar-refractivity contribution >= 4 is 16.5 Å². The minimum absolute atomic E-state index is 0.510. The molecule has 0 spiro atoms. The molecule has 112 valence electrons. The van der Waals surface area contributed by atoms with Gasteiger partial charge in [-0.05, 0) is 29.1 Å². The molecule has 0 unspecified atom stereocenters. The van der Waals surface area contributed by atoms with Crippen LogP contribution in [-0.4, -0.2) is 7.11 Å². The number of hydrogen-bond donors (Lipinski definition) is 1. The van der Waals surface area contributed by atoms with Gasteiger partial charge >= 0.3 is 0 Å². The van der Waals surface area contributed by atoms with Crippen molar-refractivity contribution in [3.8, 4) is 5.75 Å². The molecule has 0 amide bonds. The van der Waals surface area contributed by atoms with Crippen LogP contribution in [0.4, 0.5) is 14.5 Å². The number of fused-ring (bicyclic) bond motifs is 1. The van der Waals surface area contributed by atoms with Crippen LogP contribution in [0.25, 0.3) is 10.8 Å². The van der Waals surface area contributed by atoms with Gasteiger partial charge in [0.2, 0.25) is 0 Å². The summed E-state index contributed by atoms with van der Waals surface area (Å²) < 4.78 is 31.5. The summed E-state index contributed by atoms with van der Waals surface area (Å²) in [4.78, 5) is 0. The van der Waals surface area contributed by atoms with E-state index in [2.05, 4.69) is 5.32 Å². The van der Waals surface area contributed by atoms with Crippen molar-refractivity contribution < 1.29 is 13.5 Å². The van der Waals surface area contributed by atoms with E-state index in [0.717, 1.165) is 34.2 Å². The Hall–Kier alpha value is -2.62. The van der Waals surface area contributed by atoms with Gasteiger partial charge in [0.25, 0.3) is 0 Å². The molecule has 1 N–H and O–H groups in total. The maximum Gasteiger partial charge on any atom is 0.160 e. The fourth-order valence-electron chi connectivity index (χ4n) is 2.47. The van der Waals surface area contributed by atoms with Gasteiger partial charge in [0.05, 0.1) is 7.11 Å². The minimum Gasteiger partial charge on any atom is -0.496 e. The summed E-state index contributed by atoms with van der Waals surface area (Å²) in [6, 6.07) is 15.6. The Bertz CT molecular complexity index is 817. The van der Waals surface area contributed by atoms with Gasteiger partial charge < -0.3 is 10.1 Å². The Balaban J connectivity index is 1.89. The van der Waals surface area contributed by atoms with Crippen LogP contribution in [0.3, 0.4) is 0 Å². The highest BCUT2D eigenvalue weighted by Crippen LogP contribution is 2.28. The Morgan fingerprint density at radius 1 is 0.909 bits per heavy atom. The molecule has 0 aliphatic carbocycles. The third-order valence-corrected chi connectivity index (χ3v) is 3.60. The van der Waals surface area contributed by atoms with Crippen LogP contribution in [0, 0.1) is 11.6 Å². The summed E-state index contributed by atoms with van der Waals surface area (Å²) in [5.74, 6) is -0.891. The molecule has 0 atom stereocenters. The summed E-state index contributed by atoms with van der Waals surface area (Å²) in [6.07, 6.45) is 0. The number of benzene rings is 3. The molecule has 0 aromatic heterocycles. The van der Waals surface area contributed by atoms with E-state index in [1.165, 1.54) is 6.07 Å². The molecule has 0 heterocycles. The van der Waals surface area contributed by atoms with Gasteiger partial charge in [0.15, 0.2) is 11.6 Å². The standard InChI is InChI=1S/C18H15F2NO/c1-22-18-9-6-12(14-4-2-3-5-15(14)18)11-21-13-7-8-16(19)17(20)10-13/h2-10,21H,11H2,1H3. The van der Waals surface area contributed by atoms with E-state index >= 15 is 0 Å². The van der Waals surface area contributed by atoms with Crippen LogP contribution in [0.5, 0.6) is 5.75 Å². The fourth-order valence-corrected chi connectivity index (χ4v) is 2.47. The molecule has 2 nitrogen and oxygen atoms in total. The second kappa shape index (κ2) is 6.02. The molecular weight excluding hydrogens is 284 g/mol. The van der Waals surface area contributed by atoms with Crippen molar-refractivity contribution in [3.05, 3.63) is 71.8 Å². The summed E-state index contributed by atoms with van der Waals surface area (Å²) in [6.45, 7) is 0.510. The highest BCUT2D eigenvalue weighted by atomic mass is 19.2. The molecule has 0 saturated carbocycles. The predicted molar refractivity (Wildman–Crippen MR) is 84.2 cm³/mol. The van der Waals surface area contributed by atoms with E-state index in [4.69, 9.17) is 4.74 Å². The largest absolute Gasteiger partial charge is 0.496 e. The first-order valence-electron chi connectivity index (χ1n) is 6.92. The fraction of sp³-hybridized carbons (Fsp3) is 0.111. The van der Waals surface area contributed by atoms with Crippen molar-refractivity contribution in [1.82, 2.24) is 0 Å². The third kappa shape index (κ3) is 2.72. The Kier molecular flexibility index (Phi) is 3.92. The van der Waals surface area contributed by atoms with E-state index in [0.29, 0.717) is 12.2 Å². The van der Waals surface area contributed by atoms with Gasteiger partial charge in [-0.2, -0.15) is 0 Å². The van der Waals surface area contributed by atoms with Gasteiger partial charge in [0.1, 0.15) is 5.75 Å². The van der Waals surface area contributed by atoms with Crippen molar-refractivity contribution in [2.45, 2.75) is 6.54 Å². The zero-order valence-electron chi connectivity index (χ0n) is 12.1. The SMILES string of the molecule is COc1ccc(CNc2ccc(F)c(F)c2)c2ccccc12. The lowest BCUT2D eigenvalue weighted by atomic mass is 10.0. The van der Waals surface area contributed by atoms with E-state index in [-0.39, 0.29) is 0 Å². The number of hydrogen-bond acceptors (Lipinski definition) is 2. The quantitative estimate of drug-likeness (QED) is 0.751. The van der Waals surface area contributed by atoms with Gasteiger partial charge in [0, 0.05) is 23.7 Å². The van der Waals surface area contributed by atoms with Crippen molar-refractivity contribution in [1.29, 1.82) is 0 Å². The van der Waals surface area contributed by atoms with Gasteiger partial charge in [-0.3, -0.25) is 0 Å². The second-order valence-corrected chi connectivity index (χ2v) is 4.95. The molecule has 0 aliphatic rings. The maximum atomic E-state index is 13.2. The number of anilines is 1. The summed E-state index contributed by atoms with van der Waals surface area (Å²) in [5.41, 5.74) is 1.60. The second-order valence-electron chi connectivity index (χ2n) is 4.95. The molecule has 3 aromatic carbocycles. The first kappa shape index (κ1) is 14.3. The number of ether oxygens (including phenoxy) is 1. The Morgan fingerprint density at radius 3 is 2.41 bits per heavy atom. The molecule has 3 rings (SSSR count). The van der Waals surface area contributed by atoms with Crippen molar-refractivity contribution in [3.63, 3.8) is 0 Å². The predicted octanol–water partition coefficient (Wildman–Crippen LogP) is 4.74. The van der Waals surface area contributed by atoms with Gasteiger partial charge in [-0.1, -0.05) is 30.3 Å². The highest BCUT2D eigenvalue weighted by Gasteiger charge is 2.07. The van der Waals surface area contributed by atoms with Crippen LogP contribution in [0.1, 0.15) is 5.56 Å². The molecular formula is C18H15F2NO. The summed E-state index contributed by atoms with van der Waals surface area (Å²) >= 11 is 0. The molecule has 22 heavy (non-hydrogen) atoms. The average Bonchev–Trinajstić information content (AvgIpc) is 2.55. The van der Waals surface area contributed by atoms with Crippen LogP contribution >= 0.6 is 0 Å². The van der Waals surface area contributed by atoms with Crippen LogP contribution in [-0.2, 0) is 6.54 Å². The zero-order valence-corrected chi connectivity index (χ0v) is 12.1. The number of rotatable bonds is 4. The Morgan fingerprint density at radius 2 is 1.68 bits per heavy atom. The van der Waals surface area contributed by atoms with Crippen LogP contribution in [0.2, 0.25) is 0 Å². The summed E-state index contributed by atoms with van der Waals surface area (Å²) in [5, 5.41) is 5.20. The summed E-state index contributed by atoms with van der Waals surface area (Å²) in [7, 11) is 1.64. The molecule has 0 fully saturated rings. The van der Waals surface area contributed by atoms with E-state index in [9.17, 15) is 8.78 Å². The molecule has 0 aliphatic heterocycles. The van der Waals surface area contributed by atoms with E-state index in [1.807, 2.05) is 36.4 Å². The maximum absolute atomic E-state index is 13.2. The van der Waals surface area contributed by atoms with Crippen LogP contribution < -0.4 is 10.1 Å². The minimum atomic E-state index is -0.857. The molecule has 0 bridgehead atoms. The first-order valence-corrected chi connectivity index (χ1v) is 6.92. The number of methoxy groups -OCH3 is 1. The van der Waals surface area contributed by atoms with Crippen LogP contribution in [0.15, 0.2) is 54.6 Å². The zero-order chi connectivity index (χ0) is 15.5. The van der Waals surface area contributed by atoms with Gasteiger partial charge in [-0.25, -0.2) is 8.78 Å². The lowest BCUT2D eigenvalue weighted by Crippen LogP contribution is -2.01. The smallest absolute Gasteiger partial charge is 0.160 e. The molecule has 0 radical (unpaired) electrons. The normalized spacial score (nSPS) is 10.7.